The fourth-order valence-corrected chi connectivity index (χ4v) is 0.938. The van der Waals surface area contributed by atoms with Gasteiger partial charge in [-0.25, -0.2) is 9.97 Å². The Bertz CT molecular complexity index is 292. The van der Waals surface area contributed by atoms with Crippen LogP contribution in [0, 0.1) is 6.92 Å². The van der Waals surface area contributed by atoms with E-state index in [1.807, 2.05) is 39.2 Å². The van der Waals surface area contributed by atoms with Gasteiger partial charge in [-0.2, -0.15) is 0 Å². The maximum Gasteiger partial charge on any atom is 0.153 e. The Labute approximate surface area is 72.6 Å². The summed E-state index contributed by atoms with van der Waals surface area (Å²) >= 11 is 0. The molecule has 3 nitrogen and oxygen atoms in total. The number of nitrogens with one attached hydrogen (secondary N) is 1. The van der Waals surface area contributed by atoms with Gasteiger partial charge in [0.1, 0.15) is 5.82 Å². The summed E-state index contributed by atoms with van der Waals surface area (Å²) < 4.78 is 0. The highest BCUT2D eigenvalue weighted by molar-refractivity contribution is 5.47. The normalized spacial score (nSPS) is 10.6. The maximum atomic E-state index is 4.27. The molecule has 1 aromatic heterocycles. The van der Waals surface area contributed by atoms with E-state index in [1.165, 1.54) is 0 Å². The first-order valence-electron chi connectivity index (χ1n) is 3.92. The molecule has 0 aliphatic heterocycles. The Morgan fingerprint density at radius 1 is 1.50 bits per heavy atom. The zero-order valence-electron chi connectivity index (χ0n) is 7.63. The fraction of sp³-hybridized carbons (Fsp3) is 0.333. The topological polar surface area (TPSA) is 37.8 Å². The summed E-state index contributed by atoms with van der Waals surface area (Å²) in [5, 5.41) is 3.01. The minimum absolute atomic E-state index is 0.743. The SMILES string of the molecule is C/C=C/c1ncc(C)c(NC)n1. The lowest BCUT2D eigenvalue weighted by Crippen LogP contribution is -1.98. The molecule has 0 amide bonds. The Balaban J connectivity index is 3.05. The number of nitrogens with zero attached hydrogens (tertiary/aromatic N) is 2. The van der Waals surface area contributed by atoms with Crippen LogP contribution in [0.4, 0.5) is 5.82 Å². The molecule has 0 atom stereocenters. The molecule has 0 bridgehead atoms. The summed E-state index contributed by atoms with van der Waals surface area (Å²) in [6.45, 7) is 3.92. The molecule has 0 unspecified atom stereocenters. The Morgan fingerprint density at radius 3 is 2.83 bits per heavy atom. The van der Waals surface area contributed by atoms with Crippen molar-refractivity contribution in [2.24, 2.45) is 0 Å². The third-order valence-corrected chi connectivity index (χ3v) is 1.54. The van der Waals surface area contributed by atoms with Gasteiger partial charge in [0.2, 0.25) is 0 Å². The van der Waals surface area contributed by atoms with Crippen molar-refractivity contribution in [3.63, 3.8) is 0 Å². The van der Waals surface area contributed by atoms with E-state index in [4.69, 9.17) is 0 Å². The van der Waals surface area contributed by atoms with Gasteiger partial charge >= 0.3 is 0 Å². The molecule has 0 aliphatic carbocycles. The molecule has 64 valence electrons. The van der Waals surface area contributed by atoms with Crippen molar-refractivity contribution in [1.29, 1.82) is 0 Å². The molecule has 0 aromatic carbocycles. The number of anilines is 1. The summed E-state index contributed by atoms with van der Waals surface area (Å²) in [4.78, 5) is 8.41. The molecule has 0 radical (unpaired) electrons. The van der Waals surface area contributed by atoms with E-state index in [9.17, 15) is 0 Å². The molecule has 1 N–H and O–H groups in total. The van der Waals surface area contributed by atoms with E-state index in [2.05, 4.69) is 15.3 Å². The molecule has 3 heteroatoms. The molecule has 0 spiro atoms. The van der Waals surface area contributed by atoms with Crippen molar-refractivity contribution in [3.05, 3.63) is 23.7 Å². The van der Waals surface area contributed by atoms with Crippen LogP contribution in [0.5, 0.6) is 0 Å². The predicted molar refractivity (Wildman–Crippen MR) is 51.0 cm³/mol. The highest BCUT2D eigenvalue weighted by Crippen LogP contribution is 2.09. The molecular weight excluding hydrogens is 150 g/mol. The van der Waals surface area contributed by atoms with Gasteiger partial charge in [-0.3, -0.25) is 0 Å². The molecule has 1 aromatic rings. The second-order valence-corrected chi connectivity index (χ2v) is 2.51. The lowest BCUT2D eigenvalue weighted by atomic mass is 10.3. The fourth-order valence-electron chi connectivity index (χ4n) is 0.938. The molecule has 1 heterocycles. The Morgan fingerprint density at radius 2 is 2.25 bits per heavy atom. The van der Waals surface area contributed by atoms with E-state index in [0.717, 1.165) is 17.2 Å². The number of aryl methyl sites for hydroxylation is 1. The molecule has 1 rings (SSSR count). The molecule has 0 saturated carbocycles. The quantitative estimate of drug-likeness (QED) is 0.723. The van der Waals surface area contributed by atoms with Crippen molar-refractivity contribution < 1.29 is 0 Å². The third-order valence-electron chi connectivity index (χ3n) is 1.54. The summed E-state index contributed by atoms with van der Waals surface area (Å²) in [5.41, 5.74) is 1.06. The number of allylic oxidation sites excluding steroid dienone is 1. The van der Waals surface area contributed by atoms with Gasteiger partial charge < -0.3 is 5.32 Å². The van der Waals surface area contributed by atoms with Gasteiger partial charge in [-0.05, 0) is 19.9 Å². The van der Waals surface area contributed by atoms with E-state index in [1.54, 1.807) is 0 Å². The van der Waals surface area contributed by atoms with Crippen molar-refractivity contribution in [3.8, 4) is 0 Å². The van der Waals surface area contributed by atoms with Crippen LogP contribution in [0.1, 0.15) is 18.3 Å². The van der Waals surface area contributed by atoms with Crippen LogP contribution >= 0.6 is 0 Å². The van der Waals surface area contributed by atoms with Crippen LogP contribution in [-0.4, -0.2) is 17.0 Å². The molecular formula is C9H13N3. The highest BCUT2D eigenvalue weighted by atomic mass is 15.0. The van der Waals surface area contributed by atoms with Crippen LogP contribution in [0.2, 0.25) is 0 Å². The average Bonchev–Trinajstić information content (AvgIpc) is 2.09. The summed E-state index contributed by atoms with van der Waals surface area (Å²) in [6.07, 6.45) is 5.61. The number of rotatable bonds is 2. The second kappa shape index (κ2) is 3.85. The lowest BCUT2D eigenvalue weighted by Gasteiger charge is -2.02. The number of aromatic nitrogens is 2. The van der Waals surface area contributed by atoms with Gasteiger partial charge in [-0.1, -0.05) is 6.08 Å². The maximum absolute atomic E-state index is 4.27. The van der Waals surface area contributed by atoms with Crippen molar-refractivity contribution in [2.45, 2.75) is 13.8 Å². The summed E-state index contributed by atoms with van der Waals surface area (Å²) in [5.74, 6) is 1.63. The molecule has 0 fully saturated rings. The number of hydrogen-bond donors (Lipinski definition) is 1. The van der Waals surface area contributed by atoms with Gasteiger partial charge in [0, 0.05) is 18.8 Å². The highest BCUT2D eigenvalue weighted by Gasteiger charge is 1.97. The van der Waals surface area contributed by atoms with Crippen LogP contribution in [0.15, 0.2) is 12.3 Å². The largest absolute Gasteiger partial charge is 0.373 e. The van der Waals surface area contributed by atoms with Gasteiger partial charge in [-0.15, -0.1) is 0 Å². The van der Waals surface area contributed by atoms with Gasteiger partial charge in [0.25, 0.3) is 0 Å². The minimum atomic E-state index is 0.743. The monoisotopic (exact) mass is 163 g/mol. The lowest BCUT2D eigenvalue weighted by molar-refractivity contribution is 1.10. The average molecular weight is 163 g/mol. The third kappa shape index (κ3) is 1.81. The van der Waals surface area contributed by atoms with E-state index in [-0.39, 0.29) is 0 Å². The van der Waals surface area contributed by atoms with Crippen LogP contribution in [-0.2, 0) is 0 Å². The van der Waals surface area contributed by atoms with Crippen molar-refractivity contribution in [2.75, 3.05) is 12.4 Å². The Hall–Kier alpha value is -1.38. The first-order chi connectivity index (χ1) is 5.77. The van der Waals surface area contributed by atoms with E-state index in [0.29, 0.717) is 0 Å². The Kier molecular flexibility index (Phi) is 2.80. The predicted octanol–water partition coefficient (Wildman–Crippen LogP) is 1.86. The molecule has 0 saturated heterocycles. The first kappa shape index (κ1) is 8.71. The number of hydrogen-bond acceptors (Lipinski definition) is 3. The minimum Gasteiger partial charge on any atom is -0.373 e. The van der Waals surface area contributed by atoms with Gasteiger partial charge in [0.05, 0.1) is 0 Å². The first-order valence-corrected chi connectivity index (χ1v) is 3.92. The summed E-state index contributed by atoms with van der Waals surface area (Å²) in [6, 6.07) is 0. The van der Waals surface area contributed by atoms with Crippen LogP contribution < -0.4 is 5.32 Å². The van der Waals surface area contributed by atoms with Crippen molar-refractivity contribution >= 4 is 11.9 Å². The zero-order chi connectivity index (χ0) is 8.97. The van der Waals surface area contributed by atoms with Crippen LogP contribution in [0.3, 0.4) is 0 Å². The molecule has 0 aliphatic rings. The zero-order valence-corrected chi connectivity index (χ0v) is 7.63. The smallest absolute Gasteiger partial charge is 0.153 e. The van der Waals surface area contributed by atoms with E-state index < -0.39 is 0 Å². The van der Waals surface area contributed by atoms with Gasteiger partial charge in [0.15, 0.2) is 5.82 Å². The van der Waals surface area contributed by atoms with Crippen molar-refractivity contribution in [1.82, 2.24) is 9.97 Å². The standard InChI is InChI=1S/C9H13N3/c1-4-5-8-11-6-7(2)9(10-3)12-8/h4-6H,1-3H3,(H,10,11,12)/b5-4+. The second-order valence-electron chi connectivity index (χ2n) is 2.51. The van der Waals surface area contributed by atoms with E-state index >= 15 is 0 Å². The summed E-state index contributed by atoms with van der Waals surface area (Å²) in [7, 11) is 1.86. The molecule has 12 heavy (non-hydrogen) atoms. The van der Waals surface area contributed by atoms with Crippen LogP contribution in [0.25, 0.3) is 6.08 Å².